The Labute approximate surface area is 131 Å². The van der Waals surface area contributed by atoms with E-state index in [1.807, 2.05) is 6.07 Å². The minimum absolute atomic E-state index is 0.189. The Hall–Kier alpha value is -1.02. The number of methoxy groups -OCH3 is 1. The molecule has 3 heteroatoms. The van der Waals surface area contributed by atoms with Gasteiger partial charge in [0, 0.05) is 11.5 Å². The number of fused-ring (bicyclic) bond motifs is 1. The molecule has 0 amide bonds. The summed E-state index contributed by atoms with van der Waals surface area (Å²) in [6.07, 6.45) is 8.77. The van der Waals surface area contributed by atoms with Crippen molar-refractivity contribution in [3.8, 4) is 5.75 Å². The molecule has 3 unspecified atom stereocenters. The molecule has 21 heavy (non-hydrogen) atoms. The van der Waals surface area contributed by atoms with Crippen LogP contribution in [0.4, 0.5) is 0 Å². The highest BCUT2D eigenvalue weighted by molar-refractivity contribution is 6.32. The number of ketones is 1. The molecule has 0 N–H and O–H groups in total. The molecule has 1 aromatic rings. The Bertz CT molecular complexity index is 526. The van der Waals surface area contributed by atoms with Gasteiger partial charge >= 0.3 is 0 Å². The van der Waals surface area contributed by atoms with Gasteiger partial charge in [0.15, 0.2) is 5.78 Å². The third-order valence-corrected chi connectivity index (χ3v) is 5.64. The third-order valence-electron chi connectivity index (χ3n) is 5.35. The summed E-state index contributed by atoms with van der Waals surface area (Å²) < 4.78 is 5.15. The van der Waals surface area contributed by atoms with E-state index >= 15 is 0 Å². The summed E-state index contributed by atoms with van der Waals surface area (Å²) in [5.41, 5.74) is 0.736. The number of Topliss-reactive ketones (excluding diaryl/α,β-unsaturated/α-hetero) is 1. The highest BCUT2D eigenvalue weighted by atomic mass is 35.5. The minimum atomic E-state index is 0.189. The van der Waals surface area contributed by atoms with Crippen molar-refractivity contribution >= 4 is 17.4 Å². The van der Waals surface area contributed by atoms with Crippen molar-refractivity contribution < 1.29 is 9.53 Å². The molecule has 2 nitrogen and oxygen atoms in total. The zero-order valence-electron chi connectivity index (χ0n) is 12.6. The fourth-order valence-corrected chi connectivity index (χ4v) is 4.42. The molecule has 0 bridgehead atoms. The first-order valence-electron chi connectivity index (χ1n) is 8.07. The predicted molar refractivity (Wildman–Crippen MR) is 85.1 cm³/mol. The molecule has 0 aliphatic heterocycles. The van der Waals surface area contributed by atoms with Gasteiger partial charge in [-0.1, -0.05) is 37.3 Å². The van der Waals surface area contributed by atoms with Gasteiger partial charge in [0.05, 0.1) is 12.1 Å². The maximum absolute atomic E-state index is 12.7. The van der Waals surface area contributed by atoms with Gasteiger partial charge in [0.25, 0.3) is 0 Å². The lowest BCUT2D eigenvalue weighted by molar-refractivity contribution is 0.0763. The van der Waals surface area contributed by atoms with Crippen molar-refractivity contribution in [1.29, 1.82) is 0 Å². The van der Waals surface area contributed by atoms with Crippen LogP contribution in [0.3, 0.4) is 0 Å². The molecule has 2 fully saturated rings. The van der Waals surface area contributed by atoms with Crippen LogP contribution in [0.15, 0.2) is 18.2 Å². The second-order valence-corrected chi connectivity index (χ2v) is 6.94. The van der Waals surface area contributed by atoms with Crippen LogP contribution < -0.4 is 4.74 Å². The van der Waals surface area contributed by atoms with Crippen molar-refractivity contribution in [3.63, 3.8) is 0 Å². The molecule has 0 aromatic heterocycles. The van der Waals surface area contributed by atoms with Crippen LogP contribution in [-0.4, -0.2) is 12.9 Å². The zero-order chi connectivity index (χ0) is 14.8. The zero-order valence-corrected chi connectivity index (χ0v) is 13.4. The highest BCUT2D eigenvalue weighted by Crippen LogP contribution is 2.43. The molecule has 114 valence electrons. The standard InChI is InChI=1S/C18H23ClO2/c1-21-17-9-8-15(11-16(17)19)18(20)14-7-6-12-4-2-3-5-13(12)10-14/h8-9,11-14H,2-7,10H2,1H3. The maximum Gasteiger partial charge on any atom is 0.166 e. The van der Waals surface area contributed by atoms with Crippen molar-refractivity contribution in [1.82, 2.24) is 0 Å². The molecule has 2 aliphatic carbocycles. The fourth-order valence-electron chi connectivity index (χ4n) is 4.17. The van der Waals surface area contributed by atoms with E-state index in [9.17, 15) is 4.79 Å². The van der Waals surface area contributed by atoms with Crippen LogP contribution in [-0.2, 0) is 0 Å². The first-order valence-corrected chi connectivity index (χ1v) is 8.44. The molecular weight excluding hydrogens is 284 g/mol. The van der Waals surface area contributed by atoms with E-state index in [-0.39, 0.29) is 11.7 Å². The minimum Gasteiger partial charge on any atom is -0.495 e. The Balaban J connectivity index is 1.71. The Kier molecular flexibility index (Phi) is 4.54. The fraction of sp³-hybridized carbons (Fsp3) is 0.611. The number of ether oxygens (including phenoxy) is 1. The number of rotatable bonds is 3. The van der Waals surface area contributed by atoms with Crippen molar-refractivity contribution in [2.24, 2.45) is 17.8 Å². The van der Waals surface area contributed by atoms with Crippen LogP contribution >= 0.6 is 11.6 Å². The summed E-state index contributed by atoms with van der Waals surface area (Å²) in [6, 6.07) is 5.40. The molecule has 3 rings (SSSR count). The largest absolute Gasteiger partial charge is 0.495 e. The van der Waals surface area contributed by atoms with E-state index in [0.717, 1.165) is 30.2 Å². The van der Waals surface area contributed by atoms with E-state index in [2.05, 4.69) is 0 Å². The second-order valence-electron chi connectivity index (χ2n) is 6.53. The topological polar surface area (TPSA) is 26.3 Å². The van der Waals surface area contributed by atoms with Gasteiger partial charge in [-0.3, -0.25) is 4.79 Å². The van der Waals surface area contributed by atoms with Gasteiger partial charge in [-0.25, -0.2) is 0 Å². The number of hydrogen-bond acceptors (Lipinski definition) is 2. The lowest BCUT2D eigenvalue weighted by Gasteiger charge is -2.38. The van der Waals surface area contributed by atoms with Gasteiger partial charge in [-0.15, -0.1) is 0 Å². The maximum atomic E-state index is 12.7. The van der Waals surface area contributed by atoms with Crippen molar-refractivity contribution in [2.75, 3.05) is 7.11 Å². The van der Waals surface area contributed by atoms with Crippen molar-refractivity contribution in [2.45, 2.75) is 44.9 Å². The van der Waals surface area contributed by atoms with Crippen LogP contribution in [0.2, 0.25) is 5.02 Å². The number of carbonyl (C=O) groups excluding carboxylic acids is 1. The quantitative estimate of drug-likeness (QED) is 0.723. The number of carbonyl (C=O) groups is 1. The first-order chi connectivity index (χ1) is 10.2. The summed E-state index contributed by atoms with van der Waals surface area (Å²) in [5.74, 6) is 2.74. The van der Waals surface area contributed by atoms with E-state index < -0.39 is 0 Å². The lowest BCUT2D eigenvalue weighted by Crippen LogP contribution is -2.31. The van der Waals surface area contributed by atoms with Gasteiger partial charge in [-0.05, 0) is 49.3 Å². The summed E-state index contributed by atoms with van der Waals surface area (Å²) in [7, 11) is 1.59. The van der Waals surface area contributed by atoms with E-state index in [4.69, 9.17) is 16.3 Å². The molecule has 0 radical (unpaired) electrons. The SMILES string of the molecule is COc1ccc(C(=O)C2CCC3CCCCC3C2)cc1Cl. The Morgan fingerprint density at radius 1 is 1.14 bits per heavy atom. The molecule has 3 atom stereocenters. The number of halogens is 1. The van der Waals surface area contributed by atoms with Gasteiger partial charge in [0.2, 0.25) is 0 Å². The molecule has 0 spiro atoms. The first kappa shape index (κ1) is 14.9. The number of hydrogen-bond donors (Lipinski definition) is 0. The molecule has 0 heterocycles. The van der Waals surface area contributed by atoms with Gasteiger partial charge < -0.3 is 4.74 Å². The summed E-state index contributed by atoms with van der Waals surface area (Å²) in [6.45, 7) is 0. The third kappa shape index (κ3) is 3.11. The normalized spacial score (nSPS) is 28.8. The Morgan fingerprint density at radius 3 is 2.62 bits per heavy atom. The lowest BCUT2D eigenvalue weighted by atomic mass is 9.66. The summed E-state index contributed by atoms with van der Waals surface area (Å²) in [5, 5.41) is 0.523. The summed E-state index contributed by atoms with van der Waals surface area (Å²) in [4.78, 5) is 12.7. The van der Waals surface area contributed by atoms with Crippen LogP contribution in [0.1, 0.15) is 55.3 Å². The van der Waals surface area contributed by atoms with Crippen LogP contribution in [0, 0.1) is 17.8 Å². The molecule has 0 saturated heterocycles. The molecule has 2 saturated carbocycles. The highest BCUT2D eigenvalue weighted by Gasteiger charge is 2.35. The average molecular weight is 307 g/mol. The monoisotopic (exact) mass is 306 g/mol. The second kappa shape index (κ2) is 6.39. The average Bonchev–Trinajstić information content (AvgIpc) is 2.53. The smallest absolute Gasteiger partial charge is 0.166 e. The van der Waals surface area contributed by atoms with Gasteiger partial charge in [-0.2, -0.15) is 0 Å². The van der Waals surface area contributed by atoms with E-state index in [1.54, 1.807) is 19.2 Å². The van der Waals surface area contributed by atoms with Gasteiger partial charge in [0.1, 0.15) is 5.75 Å². The van der Waals surface area contributed by atoms with Crippen LogP contribution in [0.5, 0.6) is 5.75 Å². The predicted octanol–water partition coefficient (Wildman–Crippen LogP) is 5.14. The van der Waals surface area contributed by atoms with Crippen LogP contribution in [0.25, 0.3) is 0 Å². The molecule has 1 aromatic carbocycles. The van der Waals surface area contributed by atoms with Crippen molar-refractivity contribution in [3.05, 3.63) is 28.8 Å². The Morgan fingerprint density at radius 2 is 1.90 bits per heavy atom. The van der Waals surface area contributed by atoms with E-state index in [0.29, 0.717) is 10.8 Å². The van der Waals surface area contributed by atoms with E-state index in [1.165, 1.54) is 32.1 Å². The molecular formula is C18H23ClO2. The summed E-state index contributed by atoms with van der Waals surface area (Å²) >= 11 is 6.15. The molecule has 2 aliphatic rings. The number of benzene rings is 1.